The van der Waals surface area contributed by atoms with Crippen LogP contribution in [0.3, 0.4) is 0 Å². The Kier molecular flexibility index (Phi) is 7.92. The summed E-state index contributed by atoms with van der Waals surface area (Å²) < 4.78 is 15.3. The van der Waals surface area contributed by atoms with Crippen molar-refractivity contribution in [3.05, 3.63) is 58.7 Å². The third-order valence-electron chi connectivity index (χ3n) is 11.6. The number of halogens is 1. The first-order valence-corrected chi connectivity index (χ1v) is 18.0. The molecule has 4 aliphatic heterocycles. The quantitative estimate of drug-likeness (QED) is 0.161. The predicted octanol–water partition coefficient (Wildman–Crippen LogP) is 6.98. The first-order chi connectivity index (χ1) is 22.9. The number of nitrogens with two attached hydrogens (primary N) is 1. The van der Waals surface area contributed by atoms with Crippen molar-refractivity contribution >= 4 is 39.4 Å². The van der Waals surface area contributed by atoms with E-state index in [2.05, 4.69) is 40.2 Å². The van der Waals surface area contributed by atoms with Crippen LogP contribution < -0.4 is 16.0 Å². The van der Waals surface area contributed by atoms with E-state index < -0.39 is 0 Å². The zero-order chi connectivity index (χ0) is 32.3. The first-order valence-electron chi connectivity index (χ1n) is 18.0. The standard InChI is InChI=1S/C39H48FN7/c1-4-28-32(40)11-8-25-18-24(3)19-29(35(25)28)30-20-33-36(31(37(30)41)21-42-5-2)38(46-22-26-9-10-27(23-46)43-26)45-34(44-33)12-15-39-13-6-16-47(39)17-7-14-39/h8,11,18-21,26-27,43H,4-7,9-10,12-17,22-23,41H2,1-3H3. The van der Waals surface area contributed by atoms with Crippen molar-refractivity contribution in [1.29, 1.82) is 0 Å². The Bertz CT molecular complexity index is 1860. The highest BCUT2D eigenvalue weighted by Gasteiger charge is 2.43. The lowest BCUT2D eigenvalue weighted by Crippen LogP contribution is -2.51. The lowest BCUT2D eigenvalue weighted by atomic mass is 9.88. The van der Waals surface area contributed by atoms with Crippen molar-refractivity contribution in [1.82, 2.24) is 20.2 Å². The Labute approximate surface area is 277 Å². The third-order valence-corrected chi connectivity index (χ3v) is 11.6. The topological polar surface area (TPSA) is 82.7 Å². The van der Waals surface area contributed by atoms with Crippen molar-refractivity contribution in [2.45, 2.75) is 96.2 Å². The van der Waals surface area contributed by atoms with Crippen LogP contribution in [0.2, 0.25) is 0 Å². The molecule has 1 aromatic heterocycles. The molecule has 7 nitrogen and oxygen atoms in total. The van der Waals surface area contributed by atoms with Crippen molar-refractivity contribution in [3.8, 4) is 11.1 Å². The molecule has 4 aliphatic rings. The summed E-state index contributed by atoms with van der Waals surface area (Å²) in [5, 5.41) is 6.73. The molecule has 0 amide bonds. The highest BCUT2D eigenvalue weighted by molar-refractivity contribution is 6.14. The lowest BCUT2D eigenvalue weighted by molar-refractivity contribution is 0.182. The van der Waals surface area contributed by atoms with Crippen LogP contribution >= 0.6 is 0 Å². The van der Waals surface area contributed by atoms with Crippen LogP contribution in [0.4, 0.5) is 15.9 Å². The second kappa shape index (κ2) is 12.1. The van der Waals surface area contributed by atoms with Crippen LogP contribution in [0.5, 0.6) is 0 Å². The van der Waals surface area contributed by atoms with Crippen molar-refractivity contribution < 1.29 is 4.39 Å². The first kappa shape index (κ1) is 30.7. The Hall–Kier alpha value is -3.62. The van der Waals surface area contributed by atoms with Gasteiger partial charge >= 0.3 is 0 Å². The van der Waals surface area contributed by atoms with Crippen LogP contribution in [-0.2, 0) is 12.8 Å². The van der Waals surface area contributed by atoms with Gasteiger partial charge in [-0.3, -0.25) is 9.89 Å². The minimum absolute atomic E-state index is 0.176. The van der Waals surface area contributed by atoms with E-state index in [0.29, 0.717) is 36.3 Å². The molecule has 0 saturated carbocycles. The summed E-state index contributed by atoms with van der Waals surface area (Å²) in [4.78, 5) is 20.7. The normalized spacial score (nSPS) is 22.3. The number of nitrogens with one attached hydrogen (secondary N) is 1. The molecule has 246 valence electrons. The van der Waals surface area contributed by atoms with Crippen LogP contribution in [-0.4, -0.2) is 71.4 Å². The molecule has 2 unspecified atom stereocenters. The second-order valence-corrected chi connectivity index (χ2v) is 14.5. The molecule has 47 heavy (non-hydrogen) atoms. The van der Waals surface area contributed by atoms with Gasteiger partial charge in [0, 0.05) is 66.7 Å². The maximum Gasteiger partial charge on any atom is 0.141 e. The van der Waals surface area contributed by atoms with Crippen LogP contribution in [0.15, 0.2) is 35.3 Å². The number of piperazine rings is 1. The number of rotatable bonds is 8. The van der Waals surface area contributed by atoms with E-state index in [9.17, 15) is 0 Å². The van der Waals surface area contributed by atoms with Crippen molar-refractivity contribution in [2.75, 3.05) is 43.4 Å². The number of fused-ring (bicyclic) bond motifs is 5. The van der Waals surface area contributed by atoms with E-state index >= 15 is 4.39 Å². The molecule has 4 saturated heterocycles. The highest BCUT2D eigenvalue weighted by Crippen LogP contribution is 2.44. The summed E-state index contributed by atoms with van der Waals surface area (Å²) in [5.41, 5.74) is 13.6. The number of aliphatic imine (C=N–C) groups is 1. The maximum absolute atomic E-state index is 15.3. The maximum atomic E-state index is 15.3. The second-order valence-electron chi connectivity index (χ2n) is 14.5. The molecule has 4 aromatic rings. The number of aryl methyl sites for hydroxylation is 3. The molecule has 3 N–H and O–H groups in total. The number of hydrogen-bond acceptors (Lipinski definition) is 7. The summed E-state index contributed by atoms with van der Waals surface area (Å²) >= 11 is 0. The Balaban J connectivity index is 1.35. The monoisotopic (exact) mass is 633 g/mol. The van der Waals surface area contributed by atoms with Crippen LogP contribution in [0.25, 0.3) is 32.8 Å². The van der Waals surface area contributed by atoms with E-state index in [1.807, 2.05) is 26.1 Å². The predicted molar refractivity (Wildman–Crippen MR) is 192 cm³/mol. The molecule has 2 bridgehead atoms. The van der Waals surface area contributed by atoms with E-state index in [1.54, 1.807) is 6.07 Å². The highest BCUT2D eigenvalue weighted by atomic mass is 19.1. The SMILES string of the molecule is CCN=Cc1c(N)c(-c2cc(C)cc3ccc(F)c(CC)c23)cc2nc(CCC34CCCN3CCC4)nc(N3CC4CCC(C3)N4)c12. The van der Waals surface area contributed by atoms with Gasteiger partial charge in [-0.1, -0.05) is 25.1 Å². The van der Waals surface area contributed by atoms with E-state index in [4.69, 9.17) is 20.7 Å². The molecule has 5 heterocycles. The summed E-state index contributed by atoms with van der Waals surface area (Å²) in [6.07, 6.45) is 12.0. The summed E-state index contributed by atoms with van der Waals surface area (Å²) in [6.45, 7) is 11.1. The smallest absolute Gasteiger partial charge is 0.141 e. The molecular weight excluding hydrogens is 585 g/mol. The molecule has 0 aliphatic carbocycles. The minimum Gasteiger partial charge on any atom is -0.398 e. The largest absolute Gasteiger partial charge is 0.398 e. The van der Waals surface area contributed by atoms with Gasteiger partial charge in [-0.25, -0.2) is 14.4 Å². The van der Waals surface area contributed by atoms with Gasteiger partial charge in [0.1, 0.15) is 17.5 Å². The number of nitrogens with zero attached hydrogens (tertiary/aromatic N) is 5. The van der Waals surface area contributed by atoms with Gasteiger partial charge in [0.25, 0.3) is 0 Å². The average molecular weight is 634 g/mol. The fourth-order valence-electron chi connectivity index (χ4n) is 9.42. The number of hydrogen-bond donors (Lipinski definition) is 2. The fourth-order valence-corrected chi connectivity index (χ4v) is 9.42. The molecule has 3 aromatic carbocycles. The molecular formula is C39H48FN7. The molecule has 8 heteroatoms. The van der Waals surface area contributed by atoms with Gasteiger partial charge < -0.3 is 16.0 Å². The van der Waals surface area contributed by atoms with Gasteiger partial charge in [-0.2, -0.15) is 0 Å². The van der Waals surface area contributed by atoms with Gasteiger partial charge in [0.2, 0.25) is 0 Å². The van der Waals surface area contributed by atoms with E-state index in [-0.39, 0.29) is 5.82 Å². The van der Waals surface area contributed by atoms with Crippen LogP contribution in [0, 0.1) is 12.7 Å². The lowest BCUT2D eigenvalue weighted by Gasteiger charge is -2.35. The van der Waals surface area contributed by atoms with Crippen molar-refractivity contribution in [3.63, 3.8) is 0 Å². The van der Waals surface area contributed by atoms with Crippen molar-refractivity contribution in [2.24, 2.45) is 4.99 Å². The molecule has 0 radical (unpaired) electrons. The molecule has 4 fully saturated rings. The fraction of sp³-hybridized carbons (Fsp3) is 0.513. The van der Waals surface area contributed by atoms with Crippen LogP contribution in [0.1, 0.15) is 81.3 Å². The summed E-state index contributed by atoms with van der Waals surface area (Å²) in [5.74, 6) is 1.72. The van der Waals surface area contributed by atoms with E-state index in [1.165, 1.54) is 51.6 Å². The molecule has 0 spiro atoms. The Morgan fingerprint density at radius 3 is 2.51 bits per heavy atom. The Morgan fingerprint density at radius 1 is 1.02 bits per heavy atom. The van der Waals surface area contributed by atoms with Gasteiger partial charge in [0.05, 0.1) is 10.9 Å². The minimum atomic E-state index is -0.176. The zero-order valence-corrected chi connectivity index (χ0v) is 28.2. The molecule has 2 atom stereocenters. The summed E-state index contributed by atoms with van der Waals surface area (Å²) in [7, 11) is 0. The van der Waals surface area contributed by atoms with Gasteiger partial charge in [0.15, 0.2) is 0 Å². The number of aromatic nitrogens is 2. The van der Waals surface area contributed by atoms with Gasteiger partial charge in [-0.05, 0) is 118 Å². The summed E-state index contributed by atoms with van der Waals surface area (Å²) in [6, 6.07) is 10.9. The van der Waals surface area contributed by atoms with Gasteiger partial charge in [-0.15, -0.1) is 0 Å². The third kappa shape index (κ3) is 5.28. The molecule has 8 rings (SSSR count). The number of anilines is 2. The van der Waals surface area contributed by atoms with E-state index in [0.717, 1.165) is 87.1 Å². The number of benzene rings is 3. The Morgan fingerprint density at radius 2 is 1.79 bits per heavy atom. The average Bonchev–Trinajstić information content (AvgIpc) is 3.76. The zero-order valence-electron chi connectivity index (χ0n) is 28.2. The number of nitrogen functional groups attached to an aromatic ring is 1.